The molecule has 0 aromatic rings. The standard InChI is InChI=1S/C78H124O46/c1-17-18-110-57(103)72(10,35-119-62(108)77(15,45-121-58(104)73(11,37-111-49(95)64(2,19-79)20-80)38-112-50(96)65(3,21-81)22-82)46-122-59(105)74(12,39-113-51(97)66(4,23-83)24-84)40-114-52(98)67(5,25-85)26-86)36-120-63(109)78(16,47-123-60(106)75(13,41-115-53(99)68(6,27-87)28-88)42-116-54(100)69(7,29-89)30-90)48-124-61(107)76(14,43-117-55(101)70(8,31-91)32-92)44-118-56(102)71(9,33-93)34-94/h1,79-94H,18-48H2,2-16H3. The van der Waals surface area contributed by atoms with Gasteiger partial charge in [-0.15, -0.1) is 6.42 Å². The average molecular weight is 1800 g/mol. The number of rotatable bonds is 60. The van der Waals surface area contributed by atoms with Crippen molar-refractivity contribution in [2.24, 2.45) is 81.2 Å². The zero-order valence-corrected chi connectivity index (χ0v) is 72.4. The Morgan fingerprint density at radius 2 is 0.234 bits per heavy atom. The van der Waals surface area contributed by atoms with Gasteiger partial charge >= 0.3 is 89.5 Å². The van der Waals surface area contributed by atoms with Crippen LogP contribution in [0.1, 0.15) is 104 Å². The van der Waals surface area contributed by atoms with E-state index in [0.717, 1.165) is 104 Å². The van der Waals surface area contributed by atoms with Crippen LogP contribution in [0.25, 0.3) is 0 Å². The predicted molar refractivity (Wildman–Crippen MR) is 408 cm³/mol. The SMILES string of the molecule is C#CCOC(=O)C(C)(COC(=O)C(C)(COC(=O)C(C)(COC(=O)C(C)(CO)CO)COC(=O)C(C)(CO)CO)COC(=O)C(C)(COC(=O)C(C)(CO)CO)COC(=O)C(C)(CO)CO)COC(=O)C(C)(COC(=O)C(C)(COC(=O)C(C)(CO)CO)COC(=O)C(C)(CO)CO)COC(=O)C(C)(COC(=O)C(C)(CO)CO)COC(=O)C(C)(CO)CO. The molecule has 0 aliphatic carbocycles. The monoisotopic (exact) mass is 1800 g/mol. The van der Waals surface area contributed by atoms with Crippen molar-refractivity contribution in [3.63, 3.8) is 0 Å². The maximum atomic E-state index is 15.2. The fourth-order valence-electron chi connectivity index (χ4n) is 8.42. The highest BCUT2D eigenvalue weighted by molar-refractivity contribution is 5.87. The van der Waals surface area contributed by atoms with Gasteiger partial charge in [-0.3, -0.25) is 71.9 Å². The molecule has 0 heterocycles. The number of ether oxygens (including phenoxy) is 15. The lowest BCUT2D eigenvalue weighted by Crippen LogP contribution is -2.50. The number of hydrogen-bond acceptors (Lipinski definition) is 46. The van der Waals surface area contributed by atoms with E-state index < -0.39 is 376 Å². The van der Waals surface area contributed by atoms with Crippen LogP contribution in [0.2, 0.25) is 0 Å². The number of aliphatic hydroxyl groups is 16. The van der Waals surface area contributed by atoms with Crippen molar-refractivity contribution in [1.29, 1.82) is 0 Å². The smallest absolute Gasteiger partial charge is 0.319 e. The summed E-state index contributed by atoms with van der Waals surface area (Å²) in [5.74, 6) is -20.4. The van der Waals surface area contributed by atoms with Gasteiger partial charge in [-0.25, -0.2) is 0 Å². The summed E-state index contributed by atoms with van der Waals surface area (Å²) in [5, 5.41) is 160. The zero-order chi connectivity index (χ0) is 96.4. The first-order chi connectivity index (χ1) is 57.2. The summed E-state index contributed by atoms with van der Waals surface area (Å²) in [6.45, 7) is -21.5. The lowest BCUT2D eigenvalue weighted by molar-refractivity contribution is -0.189. The molecule has 124 heavy (non-hydrogen) atoms. The van der Waals surface area contributed by atoms with Gasteiger partial charge in [0.25, 0.3) is 0 Å². The van der Waals surface area contributed by atoms with Crippen molar-refractivity contribution in [1.82, 2.24) is 0 Å². The number of aliphatic hydroxyl groups excluding tert-OH is 16. The van der Waals surface area contributed by atoms with Crippen LogP contribution in [0.15, 0.2) is 0 Å². The third-order valence-electron chi connectivity index (χ3n) is 20.6. The highest BCUT2D eigenvalue weighted by atomic mass is 16.6. The van der Waals surface area contributed by atoms with Gasteiger partial charge in [0.05, 0.1) is 106 Å². The first-order valence-electron chi connectivity index (χ1n) is 38.0. The van der Waals surface area contributed by atoms with E-state index in [0.29, 0.717) is 0 Å². The molecular weight excluding hydrogens is 1670 g/mol. The van der Waals surface area contributed by atoms with Gasteiger partial charge in [-0.2, -0.15) is 0 Å². The van der Waals surface area contributed by atoms with Gasteiger partial charge in [0.1, 0.15) is 174 Å². The number of esters is 15. The molecule has 0 bridgehead atoms. The van der Waals surface area contributed by atoms with Crippen molar-refractivity contribution >= 4 is 89.5 Å². The molecule has 16 N–H and O–H groups in total. The molecule has 46 heteroatoms. The minimum absolute atomic E-state index is 0.833. The summed E-state index contributed by atoms with van der Waals surface area (Å²) < 4.78 is 81.5. The van der Waals surface area contributed by atoms with Gasteiger partial charge in [0, 0.05) is 0 Å². The average Bonchev–Trinajstić information content (AvgIpc) is 0.814. The topological polar surface area (TPSA) is 718 Å². The fourth-order valence-corrected chi connectivity index (χ4v) is 8.42. The van der Waals surface area contributed by atoms with Gasteiger partial charge in [0.2, 0.25) is 0 Å². The van der Waals surface area contributed by atoms with Crippen LogP contribution in [0.4, 0.5) is 0 Å². The molecule has 0 aliphatic heterocycles. The molecule has 0 aromatic heterocycles. The molecule has 0 spiro atoms. The molecule has 0 atom stereocenters. The van der Waals surface area contributed by atoms with E-state index in [1.54, 1.807) is 0 Å². The maximum absolute atomic E-state index is 15.2. The molecule has 0 saturated heterocycles. The molecule has 0 aromatic carbocycles. The molecule has 0 radical (unpaired) electrons. The highest BCUT2D eigenvalue weighted by Crippen LogP contribution is 2.36. The summed E-state index contributed by atoms with van der Waals surface area (Å²) >= 11 is 0. The van der Waals surface area contributed by atoms with Crippen LogP contribution in [-0.4, -0.2) is 376 Å². The minimum Gasteiger partial charge on any atom is -0.464 e. The minimum atomic E-state index is -2.77. The predicted octanol–water partition coefficient (Wildman–Crippen LogP) is -7.26. The van der Waals surface area contributed by atoms with Crippen molar-refractivity contribution in [3.05, 3.63) is 0 Å². The second-order valence-corrected chi connectivity index (χ2v) is 34.8. The van der Waals surface area contributed by atoms with Gasteiger partial charge in [0.15, 0.2) is 6.61 Å². The van der Waals surface area contributed by atoms with E-state index in [9.17, 15) is 144 Å². The number of terminal acetylenes is 1. The summed E-state index contributed by atoms with van der Waals surface area (Å²) in [6.07, 6.45) is 5.43. The molecule has 0 unspecified atom stereocenters. The van der Waals surface area contributed by atoms with Crippen molar-refractivity contribution in [3.8, 4) is 12.3 Å². The van der Waals surface area contributed by atoms with Crippen LogP contribution in [0, 0.1) is 93.6 Å². The second kappa shape index (κ2) is 48.6. The molecule has 0 aliphatic rings. The molecule has 0 saturated carbocycles. The number of hydrogen-bond donors (Lipinski definition) is 16. The second-order valence-electron chi connectivity index (χ2n) is 34.8. The molecule has 0 amide bonds. The van der Waals surface area contributed by atoms with Crippen LogP contribution < -0.4 is 0 Å². The molecule has 46 nitrogen and oxygen atoms in total. The largest absolute Gasteiger partial charge is 0.464 e. The van der Waals surface area contributed by atoms with E-state index in [1.165, 1.54) is 0 Å². The Hall–Kier alpha value is -9.03. The van der Waals surface area contributed by atoms with Crippen LogP contribution in [0.3, 0.4) is 0 Å². The van der Waals surface area contributed by atoms with Gasteiger partial charge < -0.3 is 153 Å². The first kappa shape index (κ1) is 115. The lowest BCUT2D eigenvalue weighted by atomic mass is 9.89. The molecule has 0 rings (SSSR count). The highest BCUT2D eigenvalue weighted by Gasteiger charge is 2.54. The summed E-state index contributed by atoms with van der Waals surface area (Å²) in [5.41, 5.74) is -34.7. The normalized spacial score (nSPS) is 13.0. The molecule has 0 fully saturated rings. The van der Waals surface area contributed by atoms with Crippen LogP contribution >= 0.6 is 0 Å². The Labute approximate surface area is 714 Å². The quantitative estimate of drug-likeness (QED) is 0.0153. The van der Waals surface area contributed by atoms with E-state index in [4.69, 9.17) is 77.5 Å². The van der Waals surface area contributed by atoms with Gasteiger partial charge in [-0.1, -0.05) is 5.92 Å². The fraction of sp³-hybridized carbons (Fsp3) is 0.782. The van der Waals surface area contributed by atoms with Crippen LogP contribution in [-0.2, 0) is 143 Å². The maximum Gasteiger partial charge on any atom is 0.319 e. The Balaban J connectivity index is 9.05. The lowest BCUT2D eigenvalue weighted by Gasteiger charge is -2.35. The van der Waals surface area contributed by atoms with E-state index in [1.807, 2.05) is 5.92 Å². The third kappa shape index (κ3) is 30.1. The Bertz CT molecular complexity index is 3090. The summed E-state index contributed by atoms with van der Waals surface area (Å²) in [4.78, 5) is 210. The summed E-state index contributed by atoms with van der Waals surface area (Å²) in [7, 11) is 0. The summed E-state index contributed by atoms with van der Waals surface area (Å²) in [6, 6.07) is 0. The molecule has 712 valence electrons. The van der Waals surface area contributed by atoms with Crippen molar-refractivity contribution < 1.29 is 225 Å². The Kier molecular flexibility index (Phi) is 45.1. The van der Waals surface area contributed by atoms with E-state index >= 15 is 9.59 Å². The molecular formula is C78H124O46. The van der Waals surface area contributed by atoms with Gasteiger partial charge in [-0.05, 0) is 104 Å². The van der Waals surface area contributed by atoms with Crippen molar-refractivity contribution in [2.45, 2.75) is 104 Å². The number of carbonyl (C=O) groups excluding carboxylic acids is 15. The number of carbonyl (C=O) groups is 15. The Morgan fingerprint density at radius 3 is 0.306 bits per heavy atom. The van der Waals surface area contributed by atoms with E-state index in [2.05, 4.69) is 0 Å². The Morgan fingerprint density at radius 1 is 0.161 bits per heavy atom. The van der Waals surface area contributed by atoms with Crippen molar-refractivity contribution in [2.75, 3.05) is 205 Å². The third-order valence-corrected chi connectivity index (χ3v) is 20.6. The zero-order valence-electron chi connectivity index (χ0n) is 72.4. The van der Waals surface area contributed by atoms with E-state index in [-0.39, 0.29) is 0 Å². The van der Waals surface area contributed by atoms with Crippen LogP contribution in [0.5, 0.6) is 0 Å². The first-order valence-corrected chi connectivity index (χ1v) is 38.0.